The van der Waals surface area contributed by atoms with Gasteiger partial charge in [-0.25, -0.2) is 9.37 Å². The lowest BCUT2D eigenvalue weighted by Crippen LogP contribution is -2.37. The van der Waals surface area contributed by atoms with Gasteiger partial charge in [-0.2, -0.15) is 4.98 Å². The molecule has 3 aromatic rings. The number of fused-ring (bicyclic) bond motifs is 2. The van der Waals surface area contributed by atoms with Crippen LogP contribution < -0.4 is 15.6 Å². The molecule has 3 saturated carbocycles. The lowest BCUT2D eigenvalue weighted by molar-refractivity contribution is 0.0979. The third kappa shape index (κ3) is 3.08. The molecule has 0 spiro atoms. The van der Waals surface area contributed by atoms with E-state index in [0.717, 1.165) is 37.8 Å². The number of carbonyl (C=O) groups excluding carboxylic acids is 1. The number of anilines is 1. The summed E-state index contributed by atoms with van der Waals surface area (Å²) in [5.74, 6) is 0.170. The maximum atomic E-state index is 13.5. The molecule has 1 N–H and O–H groups in total. The van der Waals surface area contributed by atoms with Crippen molar-refractivity contribution in [3.8, 4) is 5.88 Å². The summed E-state index contributed by atoms with van der Waals surface area (Å²) < 4.78 is 28.4. The van der Waals surface area contributed by atoms with Crippen LogP contribution in [0.25, 0.3) is 5.78 Å². The summed E-state index contributed by atoms with van der Waals surface area (Å²) in [6, 6.07) is 2.69. The number of hydrogen-bond acceptors (Lipinski definition) is 6. The highest BCUT2D eigenvalue weighted by atomic mass is 19.1. The number of rotatable bonds is 6. The van der Waals surface area contributed by atoms with Crippen molar-refractivity contribution >= 4 is 17.4 Å². The van der Waals surface area contributed by atoms with E-state index in [0.29, 0.717) is 24.9 Å². The molecule has 8 rings (SSSR count). The average molecular weight is 465 g/mol. The Morgan fingerprint density at radius 1 is 1.26 bits per heavy atom. The zero-order chi connectivity index (χ0) is 23.0. The largest absolute Gasteiger partial charge is 0.474 e. The van der Waals surface area contributed by atoms with E-state index in [1.54, 1.807) is 22.9 Å². The molecule has 176 valence electrons. The number of alkyl halides is 1. The van der Waals surface area contributed by atoms with Crippen LogP contribution in [0.5, 0.6) is 5.88 Å². The van der Waals surface area contributed by atoms with Gasteiger partial charge >= 0.3 is 0 Å². The number of ether oxygens (including phenoxy) is 2. The van der Waals surface area contributed by atoms with Crippen LogP contribution in [0, 0.1) is 0 Å². The highest BCUT2D eigenvalue weighted by Gasteiger charge is 2.54. The van der Waals surface area contributed by atoms with Crippen LogP contribution in [0.2, 0.25) is 0 Å². The van der Waals surface area contributed by atoms with E-state index in [1.807, 2.05) is 6.20 Å². The van der Waals surface area contributed by atoms with Crippen molar-refractivity contribution in [2.75, 3.05) is 11.9 Å². The third-order valence-corrected chi connectivity index (χ3v) is 7.62. The van der Waals surface area contributed by atoms with Crippen LogP contribution >= 0.6 is 0 Å². The van der Waals surface area contributed by atoms with Gasteiger partial charge in [-0.1, -0.05) is 0 Å². The summed E-state index contributed by atoms with van der Waals surface area (Å²) in [6.45, 7) is 0.654. The summed E-state index contributed by atoms with van der Waals surface area (Å²) in [4.78, 5) is 35.4. The van der Waals surface area contributed by atoms with E-state index in [9.17, 15) is 14.0 Å². The fourth-order valence-electron chi connectivity index (χ4n) is 5.16. The number of imidazole rings is 1. The molecule has 5 aliphatic rings. The van der Waals surface area contributed by atoms with Gasteiger partial charge in [-0.05, 0) is 44.2 Å². The molecule has 5 heterocycles. The molecular formula is C24H24FN5O4. The highest BCUT2D eigenvalue weighted by molar-refractivity contribution is 6.05. The zero-order valence-electron chi connectivity index (χ0n) is 18.4. The van der Waals surface area contributed by atoms with Gasteiger partial charge in [0.05, 0.1) is 24.4 Å². The third-order valence-electron chi connectivity index (χ3n) is 7.62. The van der Waals surface area contributed by atoms with E-state index in [-0.39, 0.29) is 28.6 Å². The summed E-state index contributed by atoms with van der Waals surface area (Å²) in [5.41, 5.74) is 0.732. The number of nitrogens with zero attached hydrogens (tertiary/aromatic N) is 4. The van der Waals surface area contributed by atoms with Crippen LogP contribution in [-0.4, -0.2) is 49.8 Å². The minimum atomic E-state index is -1.02. The number of halogens is 1. The number of amides is 1. The van der Waals surface area contributed by atoms with Crippen LogP contribution in [-0.2, 0) is 10.2 Å². The Kier molecular flexibility index (Phi) is 4.21. The van der Waals surface area contributed by atoms with Crippen LogP contribution in [0.3, 0.4) is 0 Å². The molecule has 1 amide bonds. The van der Waals surface area contributed by atoms with E-state index >= 15 is 0 Å². The first-order chi connectivity index (χ1) is 16.5. The molecule has 0 radical (unpaired) electrons. The minimum Gasteiger partial charge on any atom is -0.474 e. The predicted molar refractivity (Wildman–Crippen MR) is 119 cm³/mol. The smallest absolute Gasteiger partial charge is 0.274 e. The second-order valence-electron chi connectivity index (χ2n) is 9.99. The average Bonchev–Trinajstić information content (AvgIpc) is 3.15. The van der Waals surface area contributed by atoms with Gasteiger partial charge in [0.2, 0.25) is 11.7 Å². The van der Waals surface area contributed by atoms with Crippen molar-refractivity contribution in [2.24, 2.45) is 0 Å². The fourth-order valence-corrected chi connectivity index (χ4v) is 5.16. The van der Waals surface area contributed by atoms with Crippen molar-refractivity contribution in [2.45, 2.75) is 68.4 Å². The van der Waals surface area contributed by atoms with Gasteiger partial charge in [0.25, 0.3) is 11.5 Å². The minimum absolute atomic E-state index is 0.00968. The Balaban J connectivity index is 1.24. The quantitative estimate of drug-likeness (QED) is 0.601. The molecule has 3 aromatic heterocycles. The van der Waals surface area contributed by atoms with Gasteiger partial charge in [0.15, 0.2) is 0 Å². The Bertz CT molecular complexity index is 1370. The molecule has 2 atom stereocenters. The van der Waals surface area contributed by atoms with E-state index in [2.05, 4.69) is 10.3 Å². The van der Waals surface area contributed by atoms with Crippen molar-refractivity contribution in [3.05, 3.63) is 52.3 Å². The molecule has 0 aromatic carbocycles. The van der Waals surface area contributed by atoms with Crippen molar-refractivity contribution in [1.29, 1.82) is 0 Å². The maximum absolute atomic E-state index is 13.5. The molecule has 34 heavy (non-hydrogen) atoms. The van der Waals surface area contributed by atoms with Crippen LogP contribution in [0.1, 0.15) is 60.6 Å². The second-order valence-corrected chi connectivity index (χ2v) is 9.99. The molecule has 2 saturated heterocycles. The lowest BCUT2D eigenvalue weighted by Gasteiger charge is -2.33. The summed E-state index contributed by atoms with van der Waals surface area (Å²) in [7, 11) is 0. The lowest BCUT2D eigenvalue weighted by atomic mass is 9.68. The van der Waals surface area contributed by atoms with Gasteiger partial charge in [-0.3, -0.25) is 14.0 Å². The molecule has 2 unspecified atom stereocenters. The molecule has 5 fully saturated rings. The van der Waals surface area contributed by atoms with Crippen molar-refractivity contribution < 1.29 is 18.7 Å². The van der Waals surface area contributed by atoms with E-state index in [4.69, 9.17) is 14.5 Å². The fraction of sp³-hybridized carbons (Fsp3) is 0.500. The van der Waals surface area contributed by atoms with Gasteiger partial charge in [0, 0.05) is 30.4 Å². The van der Waals surface area contributed by atoms with Gasteiger partial charge in [0.1, 0.15) is 23.5 Å². The molecule has 9 nitrogen and oxygen atoms in total. The van der Waals surface area contributed by atoms with E-state index < -0.39 is 23.7 Å². The monoisotopic (exact) mass is 465 g/mol. The van der Waals surface area contributed by atoms with E-state index in [1.165, 1.54) is 10.6 Å². The Hall–Kier alpha value is -3.27. The SMILES string of the molecule is O=C(Nc1cccn(C2CC2F)c1=O)c1cn2cc(C34COC(C3)C4)nc2nc1OC1CCC1. The highest BCUT2D eigenvalue weighted by Crippen LogP contribution is 2.51. The Morgan fingerprint density at radius 2 is 2.09 bits per heavy atom. The number of aromatic nitrogens is 4. The maximum Gasteiger partial charge on any atom is 0.274 e. The number of nitrogens with one attached hydrogen (secondary N) is 1. The standard InChI is InChI=1S/C24H24FN5O4/c25-16-7-18(16)30-6-2-5-17(22(30)32)26-20(31)15-10-29-11-19(24-8-14(9-24)33-12-24)27-23(29)28-21(15)34-13-3-1-4-13/h2,5-6,10-11,13-14,16,18H,1,3-4,7-9,12H2,(H,26,31). The zero-order valence-corrected chi connectivity index (χ0v) is 18.4. The number of pyridine rings is 1. The normalized spacial score (nSPS) is 29.5. The molecule has 2 aliphatic heterocycles. The molecular weight excluding hydrogens is 441 g/mol. The Morgan fingerprint density at radius 3 is 2.76 bits per heavy atom. The van der Waals surface area contributed by atoms with Crippen molar-refractivity contribution in [3.63, 3.8) is 0 Å². The number of hydrogen-bond donors (Lipinski definition) is 1. The van der Waals surface area contributed by atoms with Crippen molar-refractivity contribution in [1.82, 2.24) is 18.9 Å². The molecule has 10 heteroatoms. The van der Waals surface area contributed by atoms with Gasteiger partial charge < -0.3 is 19.4 Å². The summed E-state index contributed by atoms with van der Waals surface area (Å²) in [5, 5.41) is 2.69. The van der Waals surface area contributed by atoms with Gasteiger partial charge in [-0.15, -0.1) is 0 Å². The molecule has 2 bridgehead atoms. The first-order valence-corrected chi connectivity index (χ1v) is 11.8. The van der Waals surface area contributed by atoms with Crippen LogP contribution in [0.4, 0.5) is 10.1 Å². The second kappa shape index (κ2) is 7.11. The first kappa shape index (κ1) is 20.1. The topological polar surface area (TPSA) is 99.8 Å². The first-order valence-electron chi connectivity index (χ1n) is 11.8. The number of carbonyl (C=O) groups is 1. The summed E-state index contributed by atoms with van der Waals surface area (Å²) in [6.07, 6.45) is 9.52. The molecule has 3 aliphatic carbocycles. The summed E-state index contributed by atoms with van der Waals surface area (Å²) >= 11 is 0. The van der Waals surface area contributed by atoms with Crippen LogP contribution in [0.15, 0.2) is 35.5 Å². The Labute approximate surface area is 193 Å². The predicted octanol–water partition coefficient (Wildman–Crippen LogP) is 2.79.